The Morgan fingerprint density at radius 3 is 2.52 bits per heavy atom. The molecule has 0 saturated carbocycles. The quantitative estimate of drug-likeness (QED) is 0.825. The Morgan fingerprint density at radius 1 is 1.24 bits per heavy atom. The molecule has 1 aliphatic rings. The van der Waals surface area contributed by atoms with E-state index in [1.807, 2.05) is 0 Å². The molecule has 0 aliphatic carbocycles. The van der Waals surface area contributed by atoms with Crippen molar-refractivity contribution in [2.75, 3.05) is 19.8 Å². The minimum absolute atomic E-state index is 0.00851. The first-order valence-electron chi connectivity index (χ1n) is 8.09. The molecular formula is C18H29NO2. The minimum Gasteiger partial charge on any atom is -0.493 e. The van der Waals surface area contributed by atoms with Gasteiger partial charge in [0, 0.05) is 19.2 Å². The molecule has 3 heteroatoms. The van der Waals surface area contributed by atoms with Crippen LogP contribution in [0.25, 0.3) is 0 Å². The zero-order valence-electron chi connectivity index (χ0n) is 13.8. The summed E-state index contributed by atoms with van der Waals surface area (Å²) in [7, 11) is 0. The van der Waals surface area contributed by atoms with Gasteiger partial charge in [0.15, 0.2) is 0 Å². The molecule has 0 bridgehead atoms. The molecule has 1 aliphatic heterocycles. The van der Waals surface area contributed by atoms with Crippen LogP contribution in [0.2, 0.25) is 0 Å². The summed E-state index contributed by atoms with van der Waals surface area (Å²) in [6.45, 7) is 11.3. The van der Waals surface area contributed by atoms with E-state index < -0.39 is 0 Å². The third-order valence-electron chi connectivity index (χ3n) is 4.05. The van der Waals surface area contributed by atoms with Gasteiger partial charge >= 0.3 is 0 Å². The number of hydrogen-bond acceptors (Lipinski definition) is 3. The second-order valence-electron chi connectivity index (χ2n) is 6.78. The Morgan fingerprint density at radius 2 is 1.95 bits per heavy atom. The van der Waals surface area contributed by atoms with E-state index in [2.05, 4.69) is 57.3 Å². The second kappa shape index (κ2) is 7.28. The van der Waals surface area contributed by atoms with Gasteiger partial charge in [0.2, 0.25) is 0 Å². The maximum atomic E-state index is 5.82. The van der Waals surface area contributed by atoms with Gasteiger partial charge in [-0.25, -0.2) is 0 Å². The average Bonchev–Trinajstić information content (AvgIpc) is 2.90. The summed E-state index contributed by atoms with van der Waals surface area (Å²) in [5, 5.41) is 3.59. The van der Waals surface area contributed by atoms with Gasteiger partial charge < -0.3 is 14.8 Å². The summed E-state index contributed by atoms with van der Waals surface area (Å²) in [4.78, 5) is 0. The second-order valence-corrected chi connectivity index (χ2v) is 6.78. The average molecular weight is 291 g/mol. The zero-order chi connectivity index (χ0) is 15.3. The predicted octanol–water partition coefficient (Wildman–Crippen LogP) is 3.94. The SMILES string of the molecule is CC(C)COc1ccc(C(C)NCC2(C)CCCO2)cc1. The van der Waals surface area contributed by atoms with Crippen LogP contribution in [-0.2, 0) is 4.74 Å². The first-order valence-corrected chi connectivity index (χ1v) is 8.09. The zero-order valence-corrected chi connectivity index (χ0v) is 13.8. The summed E-state index contributed by atoms with van der Waals surface area (Å²) in [6.07, 6.45) is 2.32. The number of hydrogen-bond donors (Lipinski definition) is 1. The summed E-state index contributed by atoms with van der Waals surface area (Å²) in [6, 6.07) is 8.73. The fraction of sp³-hybridized carbons (Fsp3) is 0.667. The highest BCUT2D eigenvalue weighted by Crippen LogP contribution is 2.25. The van der Waals surface area contributed by atoms with Crippen molar-refractivity contribution < 1.29 is 9.47 Å². The molecule has 0 amide bonds. The van der Waals surface area contributed by atoms with Crippen LogP contribution in [0.5, 0.6) is 5.75 Å². The van der Waals surface area contributed by atoms with Gasteiger partial charge in [-0.1, -0.05) is 26.0 Å². The van der Waals surface area contributed by atoms with Crippen molar-refractivity contribution in [2.45, 2.75) is 52.2 Å². The van der Waals surface area contributed by atoms with Crippen molar-refractivity contribution >= 4 is 0 Å². The Bertz CT molecular complexity index is 421. The molecule has 3 nitrogen and oxygen atoms in total. The maximum Gasteiger partial charge on any atom is 0.119 e. The van der Waals surface area contributed by atoms with Crippen molar-refractivity contribution in [1.82, 2.24) is 5.32 Å². The lowest BCUT2D eigenvalue weighted by Gasteiger charge is -2.26. The summed E-state index contributed by atoms with van der Waals surface area (Å²) >= 11 is 0. The molecule has 1 N–H and O–H groups in total. The Balaban J connectivity index is 1.83. The molecule has 0 spiro atoms. The van der Waals surface area contributed by atoms with Crippen LogP contribution in [0.1, 0.15) is 52.1 Å². The third kappa shape index (κ3) is 5.01. The lowest BCUT2D eigenvalue weighted by Crippen LogP contribution is -2.38. The van der Waals surface area contributed by atoms with Gasteiger partial charge in [0.25, 0.3) is 0 Å². The van der Waals surface area contributed by atoms with Gasteiger partial charge in [-0.15, -0.1) is 0 Å². The van der Waals surface area contributed by atoms with Gasteiger partial charge in [0.05, 0.1) is 12.2 Å². The molecule has 1 aromatic carbocycles. The lowest BCUT2D eigenvalue weighted by molar-refractivity contribution is 0.0191. The number of rotatable bonds is 7. The molecule has 21 heavy (non-hydrogen) atoms. The molecule has 118 valence electrons. The van der Waals surface area contributed by atoms with Crippen LogP contribution < -0.4 is 10.1 Å². The normalized spacial score (nSPS) is 23.5. The third-order valence-corrected chi connectivity index (χ3v) is 4.05. The van der Waals surface area contributed by atoms with Crippen molar-refractivity contribution in [3.8, 4) is 5.75 Å². The molecule has 2 rings (SSSR count). The monoisotopic (exact) mass is 291 g/mol. The topological polar surface area (TPSA) is 30.5 Å². The van der Waals surface area contributed by atoms with E-state index in [0.717, 1.165) is 31.9 Å². The van der Waals surface area contributed by atoms with Gasteiger partial charge in [-0.3, -0.25) is 0 Å². The van der Waals surface area contributed by atoms with E-state index >= 15 is 0 Å². The molecule has 1 aromatic rings. The molecular weight excluding hydrogens is 262 g/mol. The fourth-order valence-corrected chi connectivity index (χ4v) is 2.58. The standard InChI is InChI=1S/C18H29NO2/c1-14(2)12-20-17-8-6-16(7-9-17)15(3)19-13-18(4)10-5-11-21-18/h6-9,14-15,19H,5,10-13H2,1-4H3. The number of benzene rings is 1. The van der Waals surface area contributed by atoms with Crippen LogP contribution in [0.4, 0.5) is 0 Å². The van der Waals surface area contributed by atoms with Crippen molar-refractivity contribution in [3.05, 3.63) is 29.8 Å². The summed E-state index contributed by atoms with van der Waals surface area (Å²) in [5.41, 5.74) is 1.29. The van der Waals surface area contributed by atoms with Crippen LogP contribution in [0.15, 0.2) is 24.3 Å². The Hall–Kier alpha value is -1.06. The molecule has 0 aromatic heterocycles. The summed E-state index contributed by atoms with van der Waals surface area (Å²) in [5.74, 6) is 1.50. The molecule has 2 unspecified atom stereocenters. The van der Waals surface area contributed by atoms with E-state index in [1.54, 1.807) is 0 Å². The van der Waals surface area contributed by atoms with Crippen LogP contribution >= 0.6 is 0 Å². The molecule has 1 saturated heterocycles. The van der Waals surface area contributed by atoms with Gasteiger partial charge in [-0.2, -0.15) is 0 Å². The lowest BCUT2D eigenvalue weighted by atomic mass is 10.0. The predicted molar refractivity (Wildman–Crippen MR) is 86.8 cm³/mol. The smallest absolute Gasteiger partial charge is 0.119 e. The molecule has 0 radical (unpaired) electrons. The summed E-state index contributed by atoms with van der Waals surface area (Å²) < 4.78 is 11.5. The van der Waals surface area contributed by atoms with Crippen molar-refractivity contribution in [1.29, 1.82) is 0 Å². The largest absolute Gasteiger partial charge is 0.493 e. The molecule has 1 fully saturated rings. The highest BCUT2D eigenvalue weighted by molar-refractivity contribution is 5.29. The first-order chi connectivity index (χ1) is 9.98. The van der Waals surface area contributed by atoms with Crippen molar-refractivity contribution in [2.24, 2.45) is 5.92 Å². The number of nitrogens with one attached hydrogen (secondary N) is 1. The van der Waals surface area contributed by atoms with E-state index in [-0.39, 0.29) is 5.60 Å². The molecule has 2 atom stereocenters. The van der Waals surface area contributed by atoms with Gasteiger partial charge in [0.1, 0.15) is 5.75 Å². The van der Waals surface area contributed by atoms with Crippen LogP contribution in [0.3, 0.4) is 0 Å². The van der Waals surface area contributed by atoms with Crippen LogP contribution in [-0.4, -0.2) is 25.4 Å². The van der Waals surface area contributed by atoms with E-state index in [1.165, 1.54) is 12.0 Å². The van der Waals surface area contributed by atoms with E-state index in [9.17, 15) is 0 Å². The highest BCUT2D eigenvalue weighted by atomic mass is 16.5. The van der Waals surface area contributed by atoms with Gasteiger partial charge in [-0.05, 0) is 50.3 Å². The van der Waals surface area contributed by atoms with Crippen molar-refractivity contribution in [3.63, 3.8) is 0 Å². The first kappa shape index (κ1) is 16.3. The van der Waals surface area contributed by atoms with E-state index in [0.29, 0.717) is 12.0 Å². The Labute approximate surface area is 129 Å². The Kier molecular flexibility index (Phi) is 5.65. The minimum atomic E-state index is 0.00851. The maximum absolute atomic E-state index is 5.82. The fourth-order valence-electron chi connectivity index (χ4n) is 2.58. The molecule has 1 heterocycles. The van der Waals surface area contributed by atoms with E-state index in [4.69, 9.17) is 9.47 Å². The van der Waals surface area contributed by atoms with Crippen LogP contribution in [0, 0.1) is 5.92 Å². The highest BCUT2D eigenvalue weighted by Gasteiger charge is 2.29. The number of ether oxygens (including phenoxy) is 2.